The lowest BCUT2D eigenvalue weighted by molar-refractivity contribution is -0.120. The van der Waals surface area contributed by atoms with E-state index in [0.29, 0.717) is 11.4 Å². The molecule has 0 unspecified atom stereocenters. The molecule has 1 aromatic carbocycles. The van der Waals surface area contributed by atoms with Crippen molar-refractivity contribution >= 4 is 27.5 Å². The molecule has 1 aromatic rings. The molecule has 0 heterocycles. The second-order valence-electron chi connectivity index (χ2n) is 3.56. The molecule has 5 nitrogen and oxygen atoms in total. The van der Waals surface area contributed by atoms with Gasteiger partial charge >= 0.3 is 0 Å². The Hall–Kier alpha value is -1.11. The fourth-order valence-electron chi connectivity index (χ4n) is 1.23. The zero-order valence-corrected chi connectivity index (χ0v) is 11.5. The minimum Gasteiger partial charge on any atom is -0.355 e. The number of nitrogens with one attached hydrogen (secondary N) is 2. The summed E-state index contributed by atoms with van der Waals surface area (Å²) in [5.74, 6) is -0.114. The van der Waals surface area contributed by atoms with Gasteiger partial charge in [0.25, 0.3) is 0 Å². The first-order valence-corrected chi connectivity index (χ1v) is 7.33. The SMILES string of the molecule is CCC(=O)NCCNS(=O)(=O)c1cccc(Cl)c1. The largest absolute Gasteiger partial charge is 0.355 e. The first kappa shape index (κ1) is 14.9. The summed E-state index contributed by atoms with van der Waals surface area (Å²) in [6.07, 6.45) is 0.376. The standard InChI is InChI=1S/C11H15ClN2O3S/c1-2-11(15)13-6-7-14-18(16,17)10-5-3-4-9(12)8-10/h3-5,8,14H,2,6-7H2,1H3,(H,13,15). The number of sulfonamides is 1. The molecule has 0 saturated heterocycles. The van der Waals surface area contributed by atoms with E-state index in [4.69, 9.17) is 11.6 Å². The van der Waals surface area contributed by atoms with Crippen LogP contribution >= 0.6 is 11.6 Å². The van der Waals surface area contributed by atoms with Gasteiger partial charge < -0.3 is 5.32 Å². The Morgan fingerprint density at radius 2 is 2.06 bits per heavy atom. The maximum atomic E-state index is 11.8. The van der Waals surface area contributed by atoms with Crippen LogP contribution in [0.2, 0.25) is 5.02 Å². The lowest BCUT2D eigenvalue weighted by Crippen LogP contribution is -2.34. The van der Waals surface area contributed by atoms with Crippen molar-refractivity contribution in [2.24, 2.45) is 0 Å². The van der Waals surface area contributed by atoms with E-state index < -0.39 is 10.0 Å². The molecule has 7 heteroatoms. The van der Waals surface area contributed by atoms with Crippen LogP contribution in [-0.2, 0) is 14.8 Å². The van der Waals surface area contributed by atoms with Crippen LogP contribution in [0.5, 0.6) is 0 Å². The Kier molecular flexibility index (Phi) is 5.58. The molecule has 1 rings (SSSR count). The quantitative estimate of drug-likeness (QED) is 0.772. The average molecular weight is 291 g/mol. The summed E-state index contributed by atoms with van der Waals surface area (Å²) in [6, 6.07) is 5.99. The number of benzene rings is 1. The Morgan fingerprint density at radius 3 is 2.67 bits per heavy atom. The molecule has 0 atom stereocenters. The van der Waals surface area contributed by atoms with Crippen LogP contribution in [0.3, 0.4) is 0 Å². The summed E-state index contributed by atoms with van der Waals surface area (Å²) in [7, 11) is -3.57. The molecule has 0 aromatic heterocycles. The van der Waals surface area contributed by atoms with Crippen LogP contribution in [0.15, 0.2) is 29.2 Å². The van der Waals surface area contributed by atoms with Gasteiger partial charge in [-0.05, 0) is 18.2 Å². The van der Waals surface area contributed by atoms with Gasteiger partial charge in [-0.15, -0.1) is 0 Å². The Balaban J connectivity index is 2.53. The van der Waals surface area contributed by atoms with Crippen LogP contribution in [0.1, 0.15) is 13.3 Å². The summed E-state index contributed by atoms with van der Waals surface area (Å²) in [5, 5.41) is 2.93. The zero-order valence-electron chi connectivity index (χ0n) is 9.94. The molecule has 0 bridgehead atoms. The van der Waals surface area contributed by atoms with E-state index in [1.165, 1.54) is 12.1 Å². The molecule has 0 radical (unpaired) electrons. The lowest BCUT2D eigenvalue weighted by Gasteiger charge is -2.07. The molecule has 2 N–H and O–H groups in total. The van der Waals surface area contributed by atoms with Gasteiger partial charge in [0, 0.05) is 24.5 Å². The second kappa shape index (κ2) is 6.72. The lowest BCUT2D eigenvalue weighted by atomic mass is 10.4. The van der Waals surface area contributed by atoms with E-state index in [-0.39, 0.29) is 23.9 Å². The highest BCUT2D eigenvalue weighted by Gasteiger charge is 2.13. The first-order chi connectivity index (χ1) is 8.45. The van der Waals surface area contributed by atoms with Crippen molar-refractivity contribution in [2.45, 2.75) is 18.2 Å². The van der Waals surface area contributed by atoms with Crippen LogP contribution < -0.4 is 10.0 Å². The van der Waals surface area contributed by atoms with E-state index in [9.17, 15) is 13.2 Å². The van der Waals surface area contributed by atoms with E-state index >= 15 is 0 Å². The maximum Gasteiger partial charge on any atom is 0.240 e. The number of hydrogen-bond donors (Lipinski definition) is 2. The van der Waals surface area contributed by atoms with Crippen LogP contribution in [0.4, 0.5) is 0 Å². The van der Waals surface area contributed by atoms with E-state index in [1.54, 1.807) is 19.1 Å². The van der Waals surface area contributed by atoms with Gasteiger partial charge in [0.15, 0.2) is 0 Å². The molecule has 0 aliphatic heterocycles. The van der Waals surface area contributed by atoms with E-state index in [0.717, 1.165) is 0 Å². The number of carbonyl (C=O) groups excluding carboxylic acids is 1. The average Bonchev–Trinajstić information content (AvgIpc) is 2.34. The van der Waals surface area contributed by atoms with Crippen molar-refractivity contribution in [1.82, 2.24) is 10.0 Å². The number of carbonyl (C=O) groups is 1. The third-order valence-corrected chi connectivity index (χ3v) is 3.86. The predicted octanol–water partition coefficient (Wildman–Crippen LogP) is 1.14. The molecule has 0 spiro atoms. The van der Waals surface area contributed by atoms with Crippen molar-refractivity contribution in [3.8, 4) is 0 Å². The van der Waals surface area contributed by atoms with Crippen LogP contribution in [-0.4, -0.2) is 27.4 Å². The molecule has 100 valence electrons. The summed E-state index contributed by atoms with van der Waals surface area (Å²) in [4.78, 5) is 11.1. The van der Waals surface area contributed by atoms with Gasteiger partial charge in [-0.3, -0.25) is 4.79 Å². The molecule has 0 saturated carbocycles. The third-order valence-electron chi connectivity index (χ3n) is 2.17. The van der Waals surface area contributed by atoms with E-state index in [2.05, 4.69) is 10.0 Å². The number of hydrogen-bond acceptors (Lipinski definition) is 3. The maximum absolute atomic E-state index is 11.8. The normalized spacial score (nSPS) is 11.2. The van der Waals surface area contributed by atoms with Crippen molar-refractivity contribution < 1.29 is 13.2 Å². The van der Waals surface area contributed by atoms with Crippen LogP contribution in [0, 0.1) is 0 Å². The van der Waals surface area contributed by atoms with E-state index in [1.807, 2.05) is 0 Å². The summed E-state index contributed by atoms with van der Waals surface area (Å²) in [5.41, 5.74) is 0. The molecule has 0 fully saturated rings. The highest BCUT2D eigenvalue weighted by molar-refractivity contribution is 7.89. The second-order valence-corrected chi connectivity index (χ2v) is 5.76. The molecular weight excluding hydrogens is 276 g/mol. The summed E-state index contributed by atoms with van der Waals surface area (Å²) in [6.45, 7) is 2.12. The monoisotopic (exact) mass is 290 g/mol. The predicted molar refractivity (Wildman–Crippen MR) is 69.9 cm³/mol. The van der Waals surface area contributed by atoms with Crippen molar-refractivity contribution in [3.63, 3.8) is 0 Å². The third kappa shape index (κ3) is 4.64. The fraction of sp³-hybridized carbons (Fsp3) is 0.364. The highest BCUT2D eigenvalue weighted by Crippen LogP contribution is 2.14. The molecule has 0 aliphatic carbocycles. The van der Waals surface area contributed by atoms with Crippen molar-refractivity contribution in [3.05, 3.63) is 29.3 Å². The molecule has 18 heavy (non-hydrogen) atoms. The van der Waals surface area contributed by atoms with Gasteiger partial charge in [0.05, 0.1) is 4.90 Å². The Labute approximate surface area is 112 Å². The van der Waals surface area contributed by atoms with Gasteiger partial charge in [0.2, 0.25) is 15.9 Å². The number of rotatable bonds is 6. The van der Waals surface area contributed by atoms with Gasteiger partial charge in [-0.2, -0.15) is 0 Å². The van der Waals surface area contributed by atoms with Gasteiger partial charge in [-0.1, -0.05) is 24.6 Å². The molecular formula is C11H15ClN2O3S. The minimum atomic E-state index is -3.57. The molecule has 1 amide bonds. The Bertz CT molecular complexity index is 517. The molecule has 0 aliphatic rings. The fourth-order valence-corrected chi connectivity index (χ4v) is 2.56. The topological polar surface area (TPSA) is 75.3 Å². The smallest absolute Gasteiger partial charge is 0.240 e. The first-order valence-electron chi connectivity index (χ1n) is 5.47. The Morgan fingerprint density at radius 1 is 1.33 bits per heavy atom. The summed E-state index contributed by atoms with van der Waals surface area (Å²) >= 11 is 5.72. The minimum absolute atomic E-state index is 0.108. The van der Waals surface area contributed by atoms with Crippen molar-refractivity contribution in [1.29, 1.82) is 0 Å². The zero-order chi connectivity index (χ0) is 13.6. The number of amides is 1. The highest BCUT2D eigenvalue weighted by atomic mass is 35.5. The van der Waals surface area contributed by atoms with Crippen molar-refractivity contribution in [2.75, 3.05) is 13.1 Å². The van der Waals surface area contributed by atoms with Crippen LogP contribution in [0.25, 0.3) is 0 Å². The number of halogens is 1. The summed E-state index contributed by atoms with van der Waals surface area (Å²) < 4.78 is 26.0. The van der Waals surface area contributed by atoms with Gasteiger partial charge in [-0.25, -0.2) is 13.1 Å². The van der Waals surface area contributed by atoms with Gasteiger partial charge in [0.1, 0.15) is 0 Å².